The summed E-state index contributed by atoms with van der Waals surface area (Å²) in [5.41, 5.74) is 9.22. The Morgan fingerprint density at radius 1 is 1.08 bits per heavy atom. The number of nitrogens with zero attached hydrogens (tertiary/aromatic N) is 1. The minimum absolute atomic E-state index is 0.220. The van der Waals surface area contributed by atoms with E-state index in [4.69, 9.17) is 5.73 Å². The van der Waals surface area contributed by atoms with Crippen LogP contribution in [0, 0.1) is 13.8 Å². The van der Waals surface area contributed by atoms with Crippen molar-refractivity contribution < 1.29 is 9.59 Å². The van der Waals surface area contributed by atoms with Crippen LogP contribution in [0.5, 0.6) is 0 Å². The Balaban J connectivity index is 1.85. The number of rotatable bonds is 4. The highest BCUT2D eigenvalue weighted by Gasteiger charge is 2.14. The van der Waals surface area contributed by atoms with Crippen LogP contribution in [0.3, 0.4) is 0 Å². The van der Waals surface area contributed by atoms with Gasteiger partial charge in [0, 0.05) is 34.1 Å². The van der Waals surface area contributed by atoms with Crippen molar-refractivity contribution in [1.82, 2.24) is 4.98 Å². The molecule has 2 heterocycles. The molecule has 0 bridgehead atoms. The molecule has 3 rings (SSSR count). The Kier molecular flexibility index (Phi) is 4.63. The van der Waals surface area contributed by atoms with Crippen LogP contribution in [0.15, 0.2) is 48.8 Å². The third-order valence-electron chi connectivity index (χ3n) is 3.90. The number of benzene rings is 1. The molecule has 0 atom stereocenters. The second kappa shape index (κ2) is 6.86. The highest BCUT2D eigenvalue weighted by molar-refractivity contribution is 7.17. The van der Waals surface area contributed by atoms with Crippen LogP contribution in [0.25, 0.3) is 10.4 Å². The summed E-state index contributed by atoms with van der Waals surface area (Å²) in [6.07, 6.45) is 3.54. The quantitative estimate of drug-likeness (QED) is 0.750. The van der Waals surface area contributed by atoms with E-state index >= 15 is 0 Å². The van der Waals surface area contributed by atoms with Crippen molar-refractivity contribution in [2.75, 3.05) is 5.32 Å². The van der Waals surface area contributed by atoms with Crippen LogP contribution in [0.2, 0.25) is 0 Å². The van der Waals surface area contributed by atoms with Gasteiger partial charge in [-0.3, -0.25) is 14.6 Å². The molecule has 1 aromatic carbocycles. The van der Waals surface area contributed by atoms with Crippen molar-refractivity contribution in [3.8, 4) is 10.4 Å². The van der Waals surface area contributed by atoms with E-state index in [1.54, 1.807) is 36.7 Å². The van der Waals surface area contributed by atoms with Crippen molar-refractivity contribution in [1.29, 1.82) is 0 Å². The maximum Gasteiger partial charge on any atom is 0.265 e. The normalized spacial score (nSPS) is 10.5. The first kappa shape index (κ1) is 16.9. The van der Waals surface area contributed by atoms with Crippen LogP contribution >= 0.6 is 11.3 Å². The van der Waals surface area contributed by atoms with Crippen molar-refractivity contribution in [2.45, 2.75) is 13.8 Å². The number of aryl methyl sites for hydroxylation is 2. The lowest BCUT2D eigenvalue weighted by Crippen LogP contribution is -2.14. The number of aromatic nitrogens is 1. The molecule has 5 nitrogen and oxygen atoms in total. The molecule has 2 amide bonds. The number of nitrogens with one attached hydrogen (secondary N) is 1. The van der Waals surface area contributed by atoms with Gasteiger partial charge in [-0.25, -0.2) is 0 Å². The number of hydrogen-bond donors (Lipinski definition) is 2. The molecule has 0 aliphatic heterocycles. The van der Waals surface area contributed by atoms with Crippen molar-refractivity contribution >= 4 is 28.8 Å². The minimum Gasteiger partial charge on any atom is -0.366 e. The number of thiophene rings is 1. The molecule has 0 aliphatic rings. The smallest absolute Gasteiger partial charge is 0.265 e. The predicted molar refractivity (Wildman–Crippen MR) is 99.9 cm³/mol. The number of nitrogens with two attached hydrogens (primary N) is 1. The van der Waals surface area contributed by atoms with Gasteiger partial charge < -0.3 is 11.1 Å². The number of hydrogen-bond acceptors (Lipinski definition) is 4. The molecule has 0 saturated carbocycles. The van der Waals surface area contributed by atoms with Gasteiger partial charge in [0.1, 0.15) is 0 Å². The second-order valence-electron chi connectivity index (χ2n) is 5.70. The third-order valence-corrected chi connectivity index (χ3v) is 5.02. The SMILES string of the molecule is Cc1ccc(C(N)=O)cc1NC(=O)c1ccc(-c2cnccc2C)s1. The number of anilines is 1. The summed E-state index contributed by atoms with van der Waals surface area (Å²) in [5.74, 6) is -0.747. The van der Waals surface area contributed by atoms with Gasteiger partial charge in [-0.2, -0.15) is 0 Å². The average Bonchev–Trinajstić information content (AvgIpc) is 3.07. The van der Waals surface area contributed by atoms with E-state index < -0.39 is 5.91 Å². The van der Waals surface area contributed by atoms with E-state index in [2.05, 4.69) is 10.3 Å². The maximum atomic E-state index is 12.5. The molecule has 3 N–H and O–H groups in total. The lowest BCUT2D eigenvalue weighted by atomic mass is 10.1. The predicted octanol–water partition coefficient (Wildman–Crippen LogP) is 3.78. The summed E-state index contributed by atoms with van der Waals surface area (Å²) >= 11 is 1.40. The fourth-order valence-corrected chi connectivity index (χ4v) is 3.40. The first-order valence-corrected chi connectivity index (χ1v) is 8.50. The Morgan fingerprint density at radius 3 is 2.60 bits per heavy atom. The average molecular weight is 351 g/mol. The molecule has 25 heavy (non-hydrogen) atoms. The zero-order valence-corrected chi connectivity index (χ0v) is 14.7. The number of primary amides is 1. The van der Waals surface area contributed by atoms with Gasteiger partial charge in [-0.05, 0) is 55.3 Å². The van der Waals surface area contributed by atoms with Crippen LogP contribution < -0.4 is 11.1 Å². The summed E-state index contributed by atoms with van der Waals surface area (Å²) < 4.78 is 0. The van der Waals surface area contributed by atoms with Crippen LogP contribution in [-0.4, -0.2) is 16.8 Å². The van der Waals surface area contributed by atoms with Crippen molar-refractivity contribution in [3.05, 3.63) is 70.4 Å². The van der Waals surface area contributed by atoms with Crippen LogP contribution in [0.1, 0.15) is 31.2 Å². The number of carbonyl (C=O) groups is 2. The minimum atomic E-state index is -0.527. The molecule has 3 aromatic rings. The van der Waals surface area contributed by atoms with E-state index in [0.717, 1.165) is 21.6 Å². The number of pyridine rings is 1. The standard InChI is InChI=1S/C19H17N3O2S/c1-11-7-8-21-10-14(11)16-5-6-17(25-16)19(24)22-15-9-13(18(20)23)4-3-12(15)2/h3-10H,1-2H3,(H2,20,23)(H,22,24). The Labute approximate surface area is 149 Å². The monoisotopic (exact) mass is 351 g/mol. The Hall–Kier alpha value is -2.99. The topological polar surface area (TPSA) is 85.1 Å². The number of amides is 2. The van der Waals surface area contributed by atoms with Gasteiger partial charge in [0.25, 0.3) is 5.91 Å². The van der Waals surface area contributed by atoms with E-state index in [-0.39, 0.29) is 5.91 Å². The third kappa shape index (κ3) is 3.59. The molecule has 0 fully saturated rings. The summed E-state index contributed by atoms with van der Waals surface area (Å²) in [6.45, 7) is 3.87. The van der Waals surface area contributed by atoms with Gasteiger partial charge >= 0.3 is 0 Å². The lowest BCUT2D eigenvalue weighted by Gasteiger charge is -2.08. The molecule has 126 valence electrons. The lowest BCUT2D eigenvalue weighted by molar-refractivity contribution is 0.0996. The fourth-order valence-electron chi connectivity index (χ4n) is 2.42. The second-order valence-corrected chi connectivity index (χ2v) is 6.79. The van der Waals surface area contributed by atoms with Gasteiger partial charge in [-0.1, -0.05) is 6.07 Å². The zero-order chi connectivity index (χ0) is 18.0. The summed E-state index contributed by atoms with van der Waals surface area (Å²) in [5, 5.41) is 2.85. The van der Waals surface area contributed by atoms with Crippen molar-refractivity contribution in [3.63, 3.8) is 0 Å². The van der Waals surface area contributed by atoms with E-state index in [1.807, 2.05) is 26.0 Å². The molecule has 2 aromatic heterocycles. The summed E-state index contributed by atoms with van der Waals surface area (Å²) in [6, 6.07) is 10.6. The summed E-state index contributed by atoms with van der Waals surface area (Å²) in [4.78, 5) is 29.6. The fraction of sp³-hybridized carbons (Fsp3) is 0.105. The number of carbonyl (C=O) groups excluding carboxylic acids is 2. The van der Waals surface area contributed by atoms with E-state index in [1.165, 1.54) is 11.3 Å². The molecule has 0 unspecified atom stereocenters. The van der Waals surface area contributed by atoms with Gasteiger partial charge in [0.2, 0.25) is 5.91 Å². The van der Waals surface area contributed by atoms with Gasteiger partial charge in [0.05, 0.1) is 4.88 Å². The maximum absolute atomic E-state index is 12.5. The largest absolute Gasteiger partial charge is 0.366 e. The van der Waals surface area contributed by atoms with Gasteiger partial charge in [0.15, 0.2) is 0 Å². The first-order chi connectivity index (χ1) is 12.0. The van der Waals surface area contributed by atoms with Crippen LogP contribution in [-0.2, 0) is 0 Å². The van der Waals surface area contributed by atoms with E-state index in [0.29, 0.717) is 16.1 Å². The molecule has 0 radical (unpaired) electrons. The molecular formula is C19H17N3O2S. The highest BCUT2D eigenvalue weighted by Crippen LogP contribution is 2.30. The molecule has 0 saturated heterocycles. The molecular weight excluding hydrogens is 334 g/mol. The molecule has 0 spiro atoms. The highest BCUT2D eigenvalue weighted by atomic mass is 32.1. The van der Waals surface area contributed by atoms with Crippen LogP contribution in [0.4, 0.5) is 5.69 Å². The Morgan fingerprint density at radius 2 is 1.88 bits per heavy atom. The van der Waals surface area contributed by atoms with Gasteiger partial charge in [-0.15, -0.1) is 11.3 Å². The zero-order valence-electron chi connectivity index (χ0n) is 13.9. The Bertz CT molecular complexity index is 963. The first-order valence-electron chi connectivity index (χ1n) is 7.68. The van der Waals surface area contributed by atoms with E-state index in [9.17, 15) is 9.59 Å². The molecule has 0 aliphatic carbocycles. The van der Waals surface area contributed by atoms with Crippen molar-refractivity contribution in [2.24, 2.45) is 5.73 Å². The molecule has 6 heteroatoms. The summed E-state index contributed by atoms with van der Waals surface area (Å²) in [7, 11) is 0.